The Hall–Kier alpha value is -3.16. The number of anilines is 1. The first-order chi connectivity index (χ1) is 11.2. The lowest BCUT2D eigenvalue weighted by atomic mass is 10.1. The number of hydrogen-bond donors (Lipinski definition) is 2. The molecule has 8 nitrogen and oxygen atoms in total. The topological polar surface area (TPSA) is 108 Å². The molecule has 3 N–H and O–H groups in total. The van der Waals surface area contributed by atoms with Crippen LogP contribution in [0.25, 0.3) is 22.9 Å². The number of H-pyrrole nitrogens is 1. The third-order valence-corrected chi connectivity index (χ3v) is 3.31. The first-order valence-electron chi connectivity index (χ1n) is 6.75. The van der Waals surface area contributed by atoms with Gasteiger partial charge in [-0.1, -0.05) is 0 Å². The van der Waals surface area contributed by atoms with Crippen molar-refractivity contribution in [1.29, 1.82) is 0 Å². The van der Waals surface area contributed by atoms with Crippen LogP contribution in [0.4, 0.5) is 5.95 Å². The SMILES string of the molecule is COc1ccc(-c2ccc(-c3nc(N)n[nH]3)o2)c(OC)c1OC. The molecule has 1 aromatic carbocycles. The van der Waals surface area contributed by atoms with Crippen molar-refractivity contribution in [2.45, 2.75) is 0 Å². The lowest BCUT2D eigenvalue weighted by Gasteiger charge is -2.14. The van der Waals surface area contributed by atoms with Gasteiger partial charge < -0.3 is 24.4 Å². The van der Waals surface area contributed by atoms with Gasteiger partial charge in [0.1, 0.15) is 5.76 Å². The summed E-state index contributed by atoms with van der Waals surface area (Å²) in [5, 5.41) is 6.48. The summed E-state index contributed by atoms with van der Waals surface area (Å²) in [6.07, 6.45) is 0. The summed E-state index contributed by atoms with van der Waals surface area (Å²) in [4.78, 5) is 4.03. The van der Waals surface area contributed by atoms with Gasteiger partial charge in [-0.25, -0.2) is 0 Å². The monoisotopic (exact) mass is 316 g/mol. The van der Waals surface area contributed by atoms with E-state index in [0.717, 1.165) is 5.56 Å². The molecule has 0 aliphatic carbocycles. The molecule has 3 aromatic rings. The molecule has 0 aliphatic rings. The number of rotatable bonds is 5. The van der Waals surface area contributed by atoms with E-state index in [1.165, 1.54) is 0 Å². The molecule has 0 fully saturated rings. The number of furan rings is 1. The van der Waals surface area contributed by atoms with Crippen LogP contribution in [-0.2, 0) is 0 Å². The molecule has 2 heterocycles. The molecule has 0 amide bonds. The summed E-state index contributed by atoms with van der Waals surface area (Å²) in [6.45, 7) is 0. The van der Waals surface area contributed by atoms with Crippen molar-refractivity contribution >= 4 is 5.95 Å². The van der Waals surface area contributed by atoms with Gasteiger partial charge in [0.25, 0.3) is 0 Å². The van der Waals surface area contributed by atoms with E-state index in [-0.39, 0.29) is 5.95 Å². The Morgan fingerprint density at radius 2 is 1.70 bits per heavy atom. The second-order valence-electron chi connectivity index (χ2n) is 4.59. The highest BCUT2D eigenvalue weighted by molar-refractivity contribution is 5.74. The summed E-state index contributed by atoms with van der Waals surface area (Å²) >= 11 is 0. The Morgan fingerprint density at radius 3 is 2.30 bits per heavy atom. The van der Waals surface area contributed by atoms with Crippen molar-refractivity contribution < 1.29 is 18.6 Å². The number of hydrogen-bond acceptors (Lipinski definition) is 7. The van der Waals surface area contributed by atoms with E-state index in [0.29, 0.717) is 34.6 Å². The molecule has 0 atom stereocenters. The average molecular weight is 316 g/mol. The van der Waals surface area contributed by atoms with Crippen molar-refractivity contribution in [2.75, 3.05) is 27.1 Å². The molecule has 0 unspecified atom stereocenters. The lowest BCUT2D eigenvalue weighted by Crippen LogP contribution is -1.96. The van der Waals surface area contributed by atoms with Crippen LogP contribution in [-0.4, -0.2) is 36.5 Å². The van der Waals surface area contributed by atoms with Crippen LogP contribution in [0.15, 0.2) is 28.7 Å². The zero-order valence-corrected chi connectivity index (χ0v) is 12.9. The highest BCUT2D eigenvalue weighted by atomic mass is 16.5. The predicted molar refractivity (Wildman–Crippen MR) is 83.6 cm³/mol. The van der Waals surface area contributed by atoms with E-state index in [4.69, 9.17) is 24.4 Å². The van der Waals surface area contributed by atoms with Gasteiger partial charge in [0, 0.05) is 0 Å². The van der Waals surface area contributed by atoms with E-state index in [1.807, 2.05) is 6.07 Å². The van der Waals surface area contributed by atoms with Crippen LogP contribution in [0.2, 0.25) is 0 Å². The smallest absolute Gasteiger partial charge is 0.239 e. The number of nitrogen functional groups attached to an aromatic ring is 1. The third-order valence-electron chi connectivity index (χ3n) is 3.31. The molecule has 0 saturated heterocycles. The second-order valence-corrected chi connectivity index (χ2v) is 4.59. The largest absolute Gasteiger partial charge is 0.493 e. The maximum Gasteiger partial charge on any atom is 0.239 e. The fourth-order valence-electron chi connectivity index (χ4n) is 2.29. The van der Waals surface area contributed by atoms with E-state index in [2.05, 4.69) is 15.2 Å². The fourth-order valence-corrected chi connectivity index (χ4v) is 2.29. The molecular formula is C15H16N4O4. The van der Waals surface area contributed by atoms with E-state index in [9.17, 15) is 0 Å². The number of methoxy groups -OCH3 is 3. The highest BCUT2D eigenvalue weighted by Gasteiger charge is 2.20. The molecule has 0 bridgehead atoms. The van der Waals surface area contributed by atoms with Gasteiger partial charge in [-0.05, 0) is 24.3 Å². The van der Waals surface area contributed by atoms with Gasteiger partial charge >= 0.3 is 0 Å². The molecule has 8 heteroatoms. The second kappa shape index (κ2) is 5.91. The zero-order chi connectivity index (χ0) is 16.4. The molecule has 0 aliphatic heterocycles. The van der Waals surface area contributed by atoms with Crippen LogP contribution in [0.3, 0.4) is 0 Å². The van der Waals surface area contributed by atoms with Gasteiger partial charge in [0.2, 0.25) is 11.7 Å². The number of nitrogens with two attached hydrogens (primary N) is 1. The first kappa shape index (κ1) is 14.8. The van der Waals surface area contributed by atoms with Crippen LogP contribution < -0.4 is 19.9 Å². The first-order valence-corrected chi connectivity index (χ1v) is 6.75. The summed E-state index contributed by atoms with van der Waals surface area (Å²) in [5.41, 5.74) is 6.23. The predicted octanol–water partition coefficient (Wildman–Crippen LogP) is 2.34. The number of aromatic nitrogens is 3. The van der Waals surface area contributed by atoms with Crippen molar-refractivity contribution in [3.8, 4) is 40.2 Å². The Kier molecular flexibility index (Phi) is 3.80. The number of benzene rings is 1. The molecule has 0 saturated carbocycles. The minimum atomic E-state index is 0.154. The van der Waals surface area contributed by atoms with Crippen LogP contribution in [0.5, 0.6) is 17.2 Å². The van der Waals surface area contributed by atoms with Crippen LogP contribution in [0, 0.1) is 0 Å². The van der Waals surface area contributed by atoms with Crippen LogP contribution >= 0.6 is 0 Å². The van der Waals surface area contributed by atoms with E-state index >= 15 is 0 Å². The highest BCUT2D eigenvalue weighted by Crippen LogP contribution is 2.44. The van der Waals surface area contributed by atoms with E-state index < -0.39 is 0 Å². The minimum absolute atomic E-state index is 0.154. The average Bonchev–Trinajstić information content (AvgIpc) is 3.21. The molecule has 120 valence electrons. The summed E-state index contributed by atoms with van der Waals surface area (Å²) in [7, 11) is 4.67. The number of aromatic amines is 1. The van der Waals surface area contributed by atoms with Gasteiger partial charge in [-0.3, -0.25) is 5.10 Å². The number of ether oxygens (including phenoxy) is 3. The van der Waals surface area contributed by atoms with Gasteiger partial charge in [-0.15, -0.1) is 5.10 Å². The standard InChI is InChI=1S/C15H16N4O4/c1-20-10-5-4-8(12(21-2)13(10)22-3)9-6-7-11(23-9)14-17-15(16)19-18-14/h4-7H,1-3H3,(H3,16,17,18,19). The quantitative estimate of drug-likeness (QED) is 0.743. The van der Waals surface area contributed by atoms with Crippen molar-refractivity contribution in [3.05, 3.63) is 24.3 Å². The van der Waals surface area contributed by atoms with Gasteiger partial charge in [-0.2, -0.15) is 4.98 Å². The molecule has 3 rings (SSSR count). The number of nitrogens with zero attached hydrogens (tertiary/aromatic N) is 2. The summed E-state index contributed by atoms with van der Waals surface area (Å²) < 4.78 is 21.9. The summed E-state index contributed by atoms with van der Waals surface area (Å²) in [6, 6.07) is 7.19. The van der Waals surface area contributed by atoms with Crippen molar-refractivity contribution in [2.24, 2.45) is 0 Å². The Labute approximate surface area is 132 Å². The molecule has 23 heavy (non-hydrogen) atoms. The maximum absolute atomic E-state index is 5.82. The van der Waals surface area contributed by atoms with Crippen LogP contribution in [0.1, 0.15) is 0 Å². The summed E-state index contributed by atoms with van der Waals surface area (Å²) in [5.74, 6) is 3.30. The van der Waals surface area contributed by atoms with Crippen molar-refractivity contribution in [3.63, 3.8) is 0 Å². The van der Waals surface area contributed by atoms with Gasteiger partial charge in [0.15, 0.2) is 23.1 Å². The van der Waals surface area contributed by atoms with E-state index in [1.54, 1.807) is 39.5 Å². The van der Waals surface area contributed by atoms with Gasteiger partial charge in [0.05, 0.1) is 26.9 Å². The lowest BCUT2D eigenvalue weighted by molar-refractivity contribution is 0.325. The maximum atomic E-state index is 5.82. The molecule has 0 radical (unpaired) electrons. The molecule has 0 spiro atoms. The third kappa shape index (κ3) is 2.54. The Morgan fingerprint density at radius 1 is 0.957 bits per heavy atom. The molecule has 2 aromatic heterocycles. The zero-order valence-electron chi connectivity index (χ0n) is 12.9. The number of nitrogens with one attached hydrogen (secondary N) is 1. The Bertz CT molecular complexity index is 825. The van der Waals surface area contributed by atoms with Crippen molar-refractivity contribution in [1.82, 2.24) is 15.2 Å². The Balaban J connectivity index is 2.07. The minimum Gasteiger partial charge on any atom is -0.493 e. The normalized spacial score (nSPS) is 10.6. The molecular weight excluding hydrogens is 300 g/mol. The fraction of sp³-hybridized carbons (Fsp3) is 0.200.